The molecule has 9 nitrogen and oxygen atoms in total. The number of fused-ring (bicyclic) bond motifs is 1. The van der Waals surface area contributed by atoms with E-state index in [0.717, 1.165) is 36.8 Å². The van der Waals surface area contributed by atoms with Gasteiger partial charge >= 0.3 is 5.97 Å². The summed E-state index contributed by atoms with van der Waals surface area (Å²) in [5.41, 5.74) is 3.06. The number of hydrogen-bond acceptors (Lipinski definition) is 6. The summed E-state index contributed by atoms with van der Waals surface area (Å²) in [5, 5.41) is 21.7. The quantitative estimate of drug-likeness (QED) is 0.430. The number of ether oxygens (including phenoxy) is 1. The highest BCUT2D eigenvalue weighted by Crippen LogP contribution is 2.41. The number of hydrogen-bond donors (Lipinski definition) is 4. The second-order valence-electron chi connectivity index (χ2n) is 8.48. The first-order valence-corrected chi connectivity index (χ1v) is 12.3. The molecule has 2 aliphatic carbocycles. The number of aryl methyl sites for hydroxylation is 1. The van der Waals surface area contributed by atoms with E-state index in [4.69, 9.17) is 9.84 Å². The van der Waals surface area contributed by atoms with Crippen LogP contribution in [0.3, 0.4) is 0 Å². The fraction of sp³-hybridized carbons (Fsp3) is 0.391. The van der Waals surface area contributed by atoms with Crippen LogP contribution in [-0.2, 0) is 32.5 Å². The molecular weight excluding hydrogens is 448 g/mol. The van der Waals surface area contributed by atoms with E-state index >= 15 is 0 Å². The number of rotatable bonds is 8. The van der Waals surface area contributed by atoms with Gasteiger partial charge in [0.15, 0.2) is 0 Å². The topological polar surface area (TPSA) is 142 Å². The molecule has 0 aromatic heterocycles. The second-order valence-corrected chi connectivity index (χ2v) is 10.2. The minimum atomic E-state index is -3.89. The predicted molar refractivity (Wildman–Crippen MR) is 120 cm³/mol. The van der Waals surface area contributed by atoms with E-state index in [0.29, 0.717) is 29.8 Å². The number of aliphatic carboxylic acids is 1. The summed E-state index contributed by atoms with van der Waals surface area (Å²) in [6.07, 6.45) is 4.16. The van der Waals surface area contributed by atoms with Crippen molar-refractivity contribution < 1.29 is 33.0 Å². The number of phenols is 1. The number of sulfonamides is 1. The standard InChI is InChI=1S/C23H26N2O7S/c1-13-10-18(24-21(27)12-22(28)29)16-6-3-7-17(16)23(13)32-15-8-9-19(26)20(11-15)33(30,31)25-14-4-2-5-14/h8-11,14,25-26H,2-7,12H2,1H3,(H,24,27)(H,28,29). The third-order valence-electron chi connectivity index (χ3n) is 5.99. The van der Waals surface area contributed by atoms with E-state index in [-0.39, 0.29) is 22.4 Å². The summed E-state index contributed by atoms with van der Waals surface area (Å²) in [6.45, 7) is 1.80. The summed E-state index contributed by atoms with van der Waals surface area (Å²) in [6, 6.07) is 5.71. The van der Waals surface area contributed by atoms with Crippen molar-refractivity contribution in [2.24, 2.45) is 0 Å². The van der Waals surface area contributed by atoms with E-state index in [1.165, 1.54) is 18.2 Å². The number of phenolic OH excluding ortho intramolecular Hbond substituents is 1. The molecule has 0 spiro atoms. The van der Waals surface area contributed by atoms with Gasteiger partial charge in [0.05, 0.1) is 0 Å². The fourth-order valence-corrected chi connectivity index (χ4v) is 5.60. The zero-order chi connectivity index (χ0) is 23.8. The number of carboxylic acids is 1. The van der Waals surface area contributed by atoms with Crippen molar-refractivity contribution in [3.05, 3.63) is 41.0 Å². The predicted octanol–water partition coefficient (Wildman–Crippen LogP) is 3.23. The van der Waals surface area contributed by atoms with Crippen LogP contribution in [0.15, 0.2) is 29.2 Å². The normalized spacial score (nSPS) is 15.5. The summed E-state index contributed by atoms with van der Waals surface area (Å²) in [7, 11) is -3.89. The zero-order valence-electron chi connectivity index (χ0n) is 18.2. The van der Waals surface area contributed by atoms with Crippen molar-refractivity contribution in [1.82, 2.24) is 4.72 Å². The number of carbonyl (C=O) groups is 2. The van der Waals surface area contributed by atoms with Crippen LogP contribution >= 0.6 is 0 Å². The van der Waals surface area contributed by atoms with Crippen molar-refractivity contribution in [3.8, 4) is 17.2 Å². The molecule has 0 heterocycles. The lowest BCUT2D eigenvalue weighted by Gasteiger charge is -2.26. The van der Waals surface area contributed by atoms with Crippen LogP contribution in [0.4, 0.5) is 5.69 Å². The van der Waals surface area contributed by atoms with E-state index in [1.54, 1.807) is 13.0 Å². The van der Waals surface area contributed by atoms with Crippen molar-refractivity contribution in [1.29, 1.82) is 0 Å². The Morgan fingerprint density at radius 2 is 1.85 bits per heavy atom. The number of carboxylic acid groups (broad SMARTS) is 1. The van der Waals surface area contributed by atoms with Crippen LogP contribution in [0.25, 0.3) is 0 Å². The molecule has 4 rings (SSSR count). The number of aromatic hydroxyl groups is 1. The van der Waals surface area contributed by atoms with Gasteiger partial charge in [-0.25, -0.2) is 13.1 Å². The Kier molecular flexibility index (Phi) is 6.31. The first-order chi connectivity index (χ1) is 15.6. The van der Waals surface area contributed by atoms with E-state index in [2.05, 4.69) is 10.0 Å². The van der Waals surface area contributed by atoms with Crippen molar-refractivity contribution in [2.45, 2.75) is 62.8 Å². The van der Waals surface area contributed by atoms with Crippen LogP contribution in [0.2, 0.25) is 0 Å². The summed E-state index contributed by atoms with van der Waals surface area (Å²) >= 11 is 0. The average Bonchev–Trinajstić information content (AvgIpc) is 3.18. The lowest BCUT2D eigenvalue weighted by Crippen LogP contribution is -2.39. The molecule has 0 bridgehead atoms. The lowest BCUT2D eigenvalue weighted by molar-refractivity contribution is -0.139. The van der Waals surface area contributed by atoms with Crippen LogP contribution in [0, 0.1) is 6.92 Å². The van der Waals surface area contributed by atoms with Gasteiger partial charge in [0, 0.05) is 23.4 Å². The first kappa shape index (κ1) is 23.1. The van der Waals surface area contributed by atoms with Crippen LogP contribution < -0.4 is 14.8 Å². The van der Waals surface area contributed by atoms with Gasteiger partial charge in [0.1, 0.15) is 28.6 Å². The minimum Gasteiger partial charge on any atom is -0.507 e. The fourth-order valence-electron chi connectivity index (χ4n) is 4.18. The van der Waals surface area contributed by atoms with Crippen molar-refractivity contribution in [3.63, 3.8) is 0 Å². The Morgan fingerprint density at radius 1 is 1.12 bits per heavy atom. The lowest BCUT2D eigenvalue weighted by atomic mass is 9.94. The number of amides is 1. The Balaban J connectivity index is 1.63. The smallest absolute Gasteiger partial charge is 0.312 e. The van der Waals surface area contributed by atoms with Gasteiger partial charge in [-0.3, -0.25) is 9.59 Å². The van der Waals surface area contributed by atoms with E-state index in [1.807, 2.05) is 0 Å². The van der Waals surface area contributed by atoms with Gasteiger partial charge in [-0.15, -0.1) is 0 Å². The summed E-state index contributed by atoms with van der Waals surface area (Å²) in [5.74, 6) is -1.32. The molecule has 4 N–H and O–H groups in total. The number of anilines is 1. The molecule has 0 radical (unpaired) electrons. The van der Waals surface area contributed by atoms with Gasteiger partial charge in [0.2, 0.25) is 15.9 Å². The number of benzene rings is 2. The van der Waals surface area contributed by atoms with Crippen molar-refractivity contribution >= 4 is 27.6 Å². The summed E-state index contributed by atoms with van der Waals surface area (Å²) < 4.78 is 34.2. The Morgan fingerprint density at radius 3 is 2.52 bits per heavy atom. The Bertz CT molecular complexity index is 1220. The van der Waals surface area contributed by atoms with Gasteiger partial charge < -0.3 is 20.3 Å². The summed E-state index contributed by atoms with van der Waals surface area (Å²) in [4.78, 5) is 22.5. The van der Waals surface area contributed by atoms with E-state index < -0.39 is 28.3 Å². The maximum absolute atomic E-state index is 12.7. The highest BCUT2D eigenvalue weighted by atomic mass is 32.2. The Hall–Kier alpha value is -3.11. The maximum atomic E-state index is 12.7. The molecule has 1 fully saturated rings. The molecule has 0 unspecified atom stereocenters. The number of nitrogens with one attached hydrogen (secondary N) is 2. The van der Waals surface area contributed by atoms with Gasteiger partial charge in [-0.05, 0) is 68.4 Å². The molecule has 1 amide bonds. The molecule has 0 atom stereocenters. The number of carbonyl (C=O) groups excluding carboxylic acids is 1. The molecule has 0 saturated heterocycles. The van der Waals surface area contributed by atoms with E-state index in [9.17, 15) is 23.1 Å². The van der Waals surface area contributed by atoms with Crippen LogP contribution in [0.1, 0.15) is 48.8 Å². The van der Waals surface area contributed by atoms with Crippen LogP contribution in [-0.4, -0.2) is 36.5 Å². The van der Waals surface area contributed by atoms with Gasteiger partial charge in [-0.1, -0.05) is 6.42 Å². The first-order valence-electron chi connectivity index (χ1n) is 10.8. The highest BCUT2D eigenvalue weighted by Gasteiger charge is 2.28. The monoisotopic (exact) mass is 474 g/mol. The molecule has 2 aromatic carbocycles. The SMILES string of the molecule is Cc1cc(NC(=O)CC(=O)O)c2c(c1Oc1ccc(O)c(S(=O)(=O)NC3CCC3)c1)CCC2. The second kappa shape index (κ2) is 9.03. The van der Waals surface area contributed by atoms with Gasteiger partial charge in [-0.2, -0.15) is 0 Å². The average molecular weight is 475 g/mol. The third kappa shape index (κ3) is 4.96. The third-order valence-corrected chi connectivity index (χ3v) is 7.54. The molecule has 10 heteroatoms. The molecule has 2 aromatic rings. The van der Waals surface area contributed by atoms with Crippen LogP contribution in [0.5, 0.6) is 17.2 Å². The zero-order valence-corrected chi connectivity index (χ0v) is 19.0. The molecule has 1 saturated carbocycles. The molecule has 176 valence electrons. The molecular formula is C23H26N2O7S. The molecule has 2 aliphatic rings. The Labute approximate surface area is 191 Å². The molecule has 0 aliphatic heterocycles. The molecule has 33 heavy (non-hydrogen) atoms. The van der Waals surface area contributed by atoms with Gasteiger partial charge in [0.25, 0.3) is 0 Å². The largest absolute Gasteiger partial charge is 0.507 e. The highest BCUT2D eigenvalue weighted by molar-refractivity contribution is 7.89. The maximum Gasteiger partial charge on any atom is 0.312 e. The minimum absolute atomic E-state index is 0.117. The van der Waals surface area contributed by atoms with Crippen molar-refractivity contribution in [2.75, 3.05) is 5.32 Å².